The van der Waals surface area contributed by atoms with Crippen LogP contribution in [0.4, 0.5) is 14.9 Å². The first-order chi connectivity index (χ1) is 19.2. The van der Waals surface area contributed by atoms with Crippen LogP contribution in [0.15, 0.2) is 54.6 Å². The van der Waals surface area contributed by atoms with Crippen LogP contribution < -0.4 is 4.90 Å². The fourth-order valence-corrected chi connectivity index (χ4v) is 4.12. The number of benzene rings is 2. The Morgan fingerprint density at radius 2 is 1.76 bits per heavy atom. The Labute approximate surface area is 238 Å². The van der Waals surface area contributed by atoms with Crippen LogP contribution in [-0.4, -0.2) is 56.4 Å². The van der Waals surface area contributed by atoms with E-state index < -0.39 is 41.8 Å². The number of carboxylic acids is 1. The standard InChI is InChI=1S/C31H36FN3O6/c1-19(2)29-33-27(20-10-12-22(32)13-11-20)28(35(29)15-14-24(36)17-25(37)18-26(38)39)21-8-7-9-23(16-21)34(6)30(40)41-31(3,4)5/h7-16,19,24,36H,17-18H2,1-6H3,(H,38,39)/b15-14+. The lowest BCUT2D eigenvalue weighted by atomic mass is 10.0. The van der Waals surface area contributed by atoms with Gasteiger partial charge in [-0.2, -0.15) is 0 Å². The average molecular weight is 566 g/mol. The zero-order valence-corrected chi connectivity index (χ0v) is 24.1. The van der Waals surface area contributed by atoms with Gasteiger partial charge in [0.2, 0.25) is 0 Å². The first kappa shape index (κ1) is 31.2. The van der Waals surface area contributed by atoms with E-state index in [-0.39, 0.29) is 12.3 Å². The molecule has 2 N–H and O–H groups in total. The van der Waals surface area contributed by atoms with Gasteiger partial charge in [0.05, 0.1) is 17.5 Å². The third-order valence-electron chi connectivity index (χ3n) is 5.99. The summed E-state index contributed by atoms with van der Waals surface area (Å²) < 4.78 is 21.1. The molecule has 1 atom stereocenters. The molecule has 3 aromatic rings. The van der Waals surface area contributed by atoms with Gasteiger partial charge >= 0.3 is 12.1 Å². The Kier molecular flexibility index (Phi) is 9.83. The monoisotopic (exact) mass is 565 g/mol. The van der Waals surface area contributed by atoms with E-state index in [1.54, 1.807) is 68.9 Å². The molecule has 0 spiro atoms. The van der Waals surface area contributed by atoms with Crippen molar-refractivity contribution in [1.29, 1.82) is 0 Å². The van der Waals surface area contributed by atoms with Crippen LogP contribution in [0.25, 0.3) is 28.7 Å². The average Bonchev–Trinajstić information content (AvgIpc) is 3.26. The summed E-state index contributed by atoms with van der Waals surface area (Å²) in [5, 5.41) is 19.3. The SMILES string of the molecule is CC(C)c1nc(-c2ccc(F)cc2)c(-c2cccc(N(C)C(=O)OC(C)(C)C)c2)n1/C=C/C(O)CC(=O)CC(=O)O. The first-order valence-electron chi connectivity index (χ1n) is 13.2. The van der Waals surface area contributed by atoms with E-state index in [1.165, 1.54) is 23.1 Å². The van der Waals surface area contributed by atoms with Crippen molar-refractivity contribution in [2.24, 2.45) is 0 Å². The number of carbonyl (C=O) groups is 3. The van der Waals surface area contributed by atoms with Gasteiger partial charge in [-0.3, -0.25) is 14.5 Å². The molecule has 9 nitrogen and oxygen atoms in total. The van der Waals surface area contributed by atoms with Crippen molar-refractivity contribution in [3.8, 4) is 22.5 Å². The lowest BCUT2D eigenvalue weighted by Gasteiger charge is -2.25. The van der Waals surface area contributed by atoms with Gasteiger partial charge in [-0.1, -0.05) is 26.0 Å². The van der Waals surface area contributed by atoms with Crippen LogP contribution in [0, 0.1) is 5.82 Å². The number of ketones is 1. The molecule has 2 aromatic carbocycles. The van der Waals surface area contributed by atoms with Crippen LogP contribution in [0.2, 0.25) is 0 Å². The van der Waals surface area contributed by atoms with Crippen molar-refractivity contribution in [3.63, 3.8) is 0 Å². The summed E-state index contributed by atoms with van der Waals surface area (Å²) >= 11 is 0. The molecule has 0 aliphatic rings. The number of amides is 1. The molecule has 3 rings (SSSR count). The summed E-state index contributed by atoms with van der Waals surface area (Å²) in [7, 11) is 1.61. The van der Waals surface area contributed by atoms with Crippen LogP contribution in [0.3, 0.4) is 0 Å². The number of Topliss-reactive ketones (excluding diaryl/α,β-unsaturated/α-hetero) is 1. The number of aliphatic hydroxyl groups is 1. The highest BCUT2D eigenvalue weighted by atomic mass is 19.1. The quantitative estimate of drug-likeness (QED) is 0.284. The second-order valence-corrected chi connectivity index (χ2v) is 11.0. The van der Waals surface area contributed by atoms with Gasteiger partial charge in [0.15, 0.2) is 0 Å². The van der Waals surface area contributed by atoms with E-state index in [1.807, 2.05) is 19.9 Å². The predicted octanol–water partition coefficient (Wildman–Crippen LogP) is 6.12. The van der Waals surface area contributed by atoms with Gasteiger partial charge in [0.1, 0.15) is 29.4 Å². The molecule has 1 heterocycles. The lowest BCUT2D eigenvalue weighted by Crippen LogP contribution is -2.34. The smallest absolute Gasteiger partial charge is 0.414 e. The largest absolute Gasteiger partial charge is 0.481 e. The summed E-state index contributed by atoms with van der Waals surface area (Å²) in [5.74, 6) is -1.70. The highest BCUT2D eigenvalue weighted by molar-refractivity contribution is 5.95. The van der Waals surface area contributed by atoms with Gasteiger partial charge in [0, 0.05) is 42.4 Å². The summed E-state index contributed by atoms with van der Waals surface area (Å²) in [4.78, 5) is 41.8. The maximum Gasteiger partial charge on any atom is 0.414 e. The number of ether oxygens (including phenoxy) is 1. The second-order valence-electron chi connectivity index (χ2n) is 11.0. The lowest BCUT2D eigenvalue weighted by molar-refractivity contribution is -0.140. The van der Waals surface area contributed by atoms with Gasteiger partial charge in [0.25, 0.3) is 0 Å². The molecule has 1 unspecified atom stereocenters. The van der Waals surface area contributed by atoms with E-state index in [4.69, 9.17) is 14.8 Å². The highest BCUT2D eigenvalue weighted by Gasteiger charge is 2.24. The molecule has 0 bridgehead atoms. The zero-order valence-electron chi connectivity index (χ0n) is 24.1. The van der Waals surface area contributed by atoms with Crippen molar-refractivity contribution < 1.29 is 33.7 Å². The number of carbonyl (C=O) groups excluding carboxylic acids is 2. The fourth-order valence-electron chi connectivity index (χ4n) is 4.12. The highest BCUT2D eigenvalue weighted by Crippen LogP contribution is 2.37. The fraction of sp³-hybridized carbons (Fsp3) is 0.355. The maximum atomic E-state index is 13.8. The van der Waals surface area contributed by atoms with Gasteiger partial charge in [-0.25, -0.2) is 14.2 Å². The maximum absolute atomic E-state index is 13.8. The summed E-state index contributed by atoms with van der Waals surface area (Å²) in [6.45, 7) is 9.25. The van der Waals surface area contributed by atoms with Crippen molar-refractivity contribution >= 4 is 29.7 Å². The molecule has 1 amide bonds. The Bertz CT molecular complexity index is 1440. The summed E-state index contributed by atoms with van der Waals surface area (Å²) in [6, 6.07) is 13.1. The van der Waals surface area contributed by atoms with E-state index in [0.717, 1.165) is 0 Å². The molecule has 10 heteroatoms. The number of nitrogens with zero attached hydrogens (tertiary/aromatic N) is 3. The zero-order chi connectivity index (χ0) is 30.5. The number of hydrogen-bond acceptors (Lipinski definition) is 6. The Morgan fingerprint density at radius 3 is 2.34 bits per heavy atom. The molecule has 41 heavy (non-hydrogen) atoms. The minimum absolute atomic E-state index is 0.0778. The predicted molar refractivity (Wildman–Crippen MR) is 155 cm³/mol. The first-order valence-corrected chi connectivity index (χ1v) is 13.2. The minimum atomic E-state index is -1.26. The molecule has 0 fully saturated rings. The second kappa shape index (κ2) is 12.9. The van der Waals surface area contributed by atoms with Gasteiger partial charge in [-0.05, 0) is 63.2 Å². The summed E-state index contributed by atoms with van der Waals surface area (Å²) in [6.07, 6.45) is 0.209. The number of imidazole rings is 1. The number of aromatic nitrogens is 2. The van der Waals surface area contributed by atoms with E-state index in [0.29, 0.717) is 34.0 Å². The third kappa shape index (κ3) is 8.34. The molecule has 0 saturated carbocycles. The van der Waals surface area contributed by atoms with Crippen LogP contribution >= 0.6 is 0 Å². The van der Waals surface area contributed by atoms with Gasteiger partial charge < -0.3 is 19.5 Å². The van der Waals surface area contributed by atoms with Crippen molar-refractivity contribution in [2.75, 3.05) is 11.9 Å². The molecule has 0 aliphatic carbocycles. The van der Waals surface area contributed by atoms with E-state index in [2.05, 4.69) is 0 Å². The minimum Gasteiger partial charge on any atom is -0.481 e. The molecule has 0 aliphatic heterocycles. The molecular formula is C31H36FN3O6. The molecule has 0 saturated heterocycles. The number of carboxylic acid groups (broad SMARTS) is 1. The molecule has 218 valence electrons. The number of hydrogen-bond donors (Lipinski definition) is 2. The number of aliphatic hydroxyl groups excluding tert-OH is 1. The van der Waals surface area contributed by atoms with Crippen LogP contribution in [-0.2, 0) is 14.3 Å². The van der Waals surface area contributed by atoms with Crippen molar-refractivity contribution in [1.82, 2.24) is 9.55 Å². The Morgan fingerprint density at radius 1 is 1.10 bits per heavy atom. The molecule has 1 aromatic heterocycles. The van der Waals surface area contributed by atoms with Crippen molar-refractivity contribution in [3.05, 3.63) is 66.2 Å². The number of halogens is 1. The summed E-state index contributed by atoms with van der Waals surface area (Å²) in [5.41, 5.74) is 2.37. The molecule has 0 radical (unpaired) electrons. The van der Waals surface area contributed by atoms with Crippen LogP contribution in [0.1, 0.15) is 59.2 Å². The van der Waals surface area contributed by atoms with Crippen molar-refractivity contribution in [2.45, 2.75) is 65.1 Å². The molecular weight excluding hydrogens is 529 g/mol. The third-order valence-corrected chi connectivity index (χ3v) is 5.99. The number of aliphatic carboxylic acids is 1. The van der Waals surface area contributed by atoms with Crippen LogP contribution in [0.5, 0.6) is 0 Å². The topological polar surface area (TPSA) is 122 Å². The van der Waals surface area contributed by atoms with E-state index in [9.17, 15) is 23.9 Å². The Hall–Kier alpha value is -4.31. The number of rotatable bonds is 10. The number of anilines is 1. The van der Waals surface area contributed by atoms with E-state index >= 15 is 0 Å². The van der Waals surface area contributed by atoms with Gasteiger partial charge in [-0.15, -0.1) is 0 Å². The Balaban J connectivity index is 2.16. The normalized spacial score (nSPS) is 12.5.